The van der Waals surface area contributed by atoms with Crippen molar-refractivity contribution in [2.45, 2.75) is 65.2 Å². The molecule has 3 aromatic rings. The van der Waals surface area contributed by atoms with Crippen molar-refractivity contribution in [3.8, 4) is 5.75 Å². The second kappa shape index (κ2) is 14.2. The molecule has 2 N–H and O–H groups in total. The molecule has 1 aromatic carbocycles. The fraction of sp³-hybridized carbons (Fsp3) is 0.424. The Morgan fingerprint density at radius 2 is 1.86 bits per heavy atom. The SMILES string of the molecule is C=CCCN(c1ccc(OC2CCN(Cc3ccnc(N(CC)C(=O)OC(C)(C)C)c3)CC2)cc1)c1ncccc1N. The fourth-order valence-electron chi connectivity index (χ4n) is 4.96. The number of anilines is 4. The van der Waals surface area contributed by atoms with E-state index in [9.17, 15) is 4.79 Å². The Balaban J connectivity index is 1.32. The van der Waals surface area contributed by atoms with Gasteiger partial charge in [-0.15, -0.1) is 6.58 Å². The lowest BCUT2D eigenvalue weighted by Crippen LogP contribution is -2.38. The summed E-state index contributed by atoms with van der Waals surface area (Å²) >= 11 is 0. The van der Waals surface area contributed by atoms with Crippen molar-refractivity contribution in [1.29, 1.82) is 0 Å². The summed E-state index contributed by atoms with van der Waals surface area (Å²) in [6, 6.07) is 15.8. The summed E-state index contributed by atoms with van der Waals surface area (Å²) in [7, 11) is 0. The molecular formula is C33H44N6O3. The van der Waals surface area contributed by atoms with Crippen molar-refractivity contribution in [1.82, 2.24) is 14.9 Å². The van der Waals surface area contributed by atoms with Gasteiger partial charge in [-0.25, -0.2) is 14.8 Å². The average Bonchev–Trinajstić information content (AvgIpc) is 2.96. The quantitative estimate of drug-likeness (QED) is 0.258. The number of carbonyl (C=O) groups is 1. The zero-order valence-electron chi connectivity index (χ0n) is 25.3. The van der Waals surface area contributed by atoms with E-state index in [2.05, 4.69) is 38.5 Å². The van der Waals surface area contributed by atoms with E-state index in [1.54, 1.807) is 17.3 Å². The van der Waals surface area contributed by atoms with E-state index in [1.165, 1.54) is 0 Å². The van der Waals surface area contributed by atoms with E-state index in [0.29, 0.717) is 18.1 Å². The van der Waals surface area contributed by atoms with Gasteiger partial charge < -0.3 is 20.1 Å². The zero-order chi connectivity index (χ0) is 30.1. The van der Waals surface area contributed by atoms with Crippen molar-refractivity contribution < 1.29 is 14.3 Å². The second-order valence-electron chi connectivity index (χ2n) is 11.5. The molecule has 3 heterocycles. The van der Waals surface area contributed by atoms with Crippen molar-refractivity contribution in [2.24, 2.45) is 0 Å². The van der Waals surface area contributed by atoms with Crippen molar-refractivity contribution in [2.75, 3.05) is 41.7 Å². The molecule has 1 saturated heterocycles. The molecule has 1 aliphatic heterocycles. The molecule has 1 fully saturated rings. The number of hydrogen-bond donors (Lipinski definition) is 1. The van der Waals surface area contributed by atoms with Gasteiger partial charge in [-0.1, -0.05) is 6.08 Å². The van der Waals surface area contributed by atoms with Crippen LogP contribution in [0, 0.1) is 0 Å². The summed E-state index contributed by atoms with van der Waals surface area (Å²) in [5.74, 6) is 2.21. The van der Waals surface area contributed by atoms with Gasteiger partial charge in [-0.3, -0.25) is 9.80 Å². The maximum Gasteiger partial charge on any atom is 0.415 e. The van der Waals surface area contributed by atoms with Crippen LogP contribution < -0.4 is 20.3 Å². The number of ether oxygens (including phenoxy) is 2. The van der Waals surface area contributed by atoms with E-state index in [1.807, 2.05) is 70.2 Å². The number of piperidine rings is 1. The lowest BCUT2D eigenvalue weighted by molar-refractivity contribution is 0.0581. The minimum Gasteiger partial charge on any atom is -0.490 e. The van der Waals surface area contributed by atoms with Crippen LogP contribution in [-0.2, 0) is 11.3 Å². The Morgan fingerprint density at radius 3 is 2.50 bits per heavy atom. The molecule has 0 bridgehead atoms. The lowest BCUT2D eigenvalue weighted by Gasteiger charge is -2.32. The minimum atomic E-state index is -0.559. The maximum absolute atomic E-state index is 12.7. The van der Waals surface area contributed by atoms with Gasteiger partial charge >= 0.3 is 6.09 Å². The molecule has 42 heavy (non-hydrogen) atoms. The summed E-state index contributed by atoms with van der Waals surface area (Å²) in [6.45, 7) is 15.2. The highest BCUT2D eigenvalue weighted by molar-refractivity contribution is 5.86. The first-order valence-electron chi connectivity index (χ1n) is 14.7. The molecule has 0 aliphatic carbocycles. The molecule has 9 nitrogen and oxygen atoms in total. The number of nitrogens with two attached hydrogens (primary N) is 1. The zero-order valence-corrected chi connectivity index (χ0v) is 25.3. The molecule has 0 spiro atoms. The van der Waals surface area contributed by atoms with Gasteiger partial charge in [0.1, 0.15) is 23.3 Å². The van der Waals surface area contributed by atoms with Crippen LogP contribution in [0.1, 0.15) is 52.5 Å². The van der Waals surface area contributed by atoms with E-state index in [4.69, 9.17) is 15.2 Å². The fourth-order valence-corrected chi connectivity index (χ4v) is 4.96. The van der Waals surface area contributed by atoms with Crippen LogP contribution in [0.5, 0.6) is 5.75 Å². The monoisotopic (exact) mass is 572 g/mol. The number of amides is 1. The highest BCUT2D eigenvalue weighted by Crippen LogP contribution is 2.30. The Hall–Kier alpha value is -4.11. The number of hydrogen-bond acceptors (Lipinski definition) is 8. The van der Waals surface area contributed by atoms with Crippen LogP contribution >= 0.6 is 0 Å². The number of pyridine rings is 2. The molecule has 2 aromatic heterocycles. The van der Waals surface area contributed by atoms with E-state index in [-0.39, 0.29) is 12.2 Å². The molecular weight excluding hydrogens is 528 g/mol. The predicted octanol–water partition coefficient (Wildman–Crippen LogP) is 6.58. The van der Waals surface area contributed by atoms with Gasteiger partial charge in [0.15, 0.2) is 5.82 Å². The highest BCUT2D eigenvalue weighted by Gasteiger charge is 2.24. The molecule has 4 rings (SSSR count). The smallest absolute Gasteiger partial charge is 0.415 e. The molecule has 0 atom stereocenters. The van der Waals surface area contributed by atoms with E-state index < -0.39 is 5.60 Å². The predicted molar refractivity (Wildman–Crippen MR) is 169 cm³/mol. The number of nitrogens with zero attached hydrogens (tertiary/aromatic N) is 5. The topological polar surface area (TPSA) is 97.0 Å². The van der Waals surface area contributed by atoms with Gasteiger partial charge in [-0.05, 0) is 101 Å². The van der Waals surface area contributed by atoms with E-state index in [0.717, 1.165) is 68.3 Å². The Bertz CT molecular complexity index is 1320. The van der Waals surface area contributed by atoms with E-state index >= 15 is 0 Å². The summed E-state index contributed by atoms with van der Waals surface area (Å²) < 4.78 is 11.9. The normalized spacial score (nSPS) is 14.3. The molecule has 224 valence electrons. The number of benzene rings is 1. The Morgan fingerprint density at radius 1 is 1.12 bits per heavy atom. The number of nitrogen functional groups attached to an aromatic ring is 1. The first-order chi connectivity index (χ1) is 20.2. The third-order valence-corrected chi connectivity index (χ3v) is 7.04. The van der Waals surface area contributed by atoms with Crippen LogP contribution in [-0.4, -0.2) is 58.8 Å². The van der Waals surface area contributed by atoms with Gasteiger partial charge in [-0.2, -0.15) is 0 Å². The number of rotatable bonds is 11. The highest BCUT2D eigenvalue weighted by atomic mass is 16.6. The van der Waals surface area contributed by atoms with Gasteiger partial charge in [0.25, 0.3) is 0 Å². The maximum atomic E-state index is 12.7. The number of aromatic nitrogens is 2. The van der Waals surface area contributed by atoms with Gasteiger partial charge in [0.2, 0.25) is 0 Å². The first-order valence-corrected chi connectivity index (χ1v) is 14.7. The van der Waals surface area contributed by atoms with Crippen LogP contribution in [0.15, 0.2) is 73.6 Å². The third kappa shape index (κ3) is 8.45. The van der Waals surface area contributed by atoms with Crippen LogP contribution in [0.3, 0.4) is 0 Å². The molecule has 0 unspecified atom stereocenters. The summed E-state index contributed by atoms with van der Waals surface area (Å²) in [4.78, 5) is 27.7. The number of likely N-dealkylation sites (tertiary alicyclic amines) is 1. The molecule has 1 aliphatic rings. The largest absolute Gasteiger partial charge is 0.490 e. The Labute approximate surface area is 250 Å². The Kier molecular flexibility index (Phi) is 10.4. The van der Waals surface area contributed by atoms with Crippen LogP contribution in [0.25, 0.3) is 0 Å². The minimum absolute atomic E-state index is 0.158. The van der Waals surface area contributed by atoms with Crippen molar-refractivity contribution in [3.63, 3.8) is 0 Å². The molecule has 1 amide bonds. The van der Waals surface area contributed by atoms with Crippen LogP contribution in [0.4, 0.5) is 27.8 Å². The van der Waals surface area contributed by atoms with Gasteiger partial charge in [0.05, 0.1) is 5.69 Å². The summed E-state index contributed by atoms with van der Waals surface area (Å²) in [6.07, 6.45) is 7.88. The lowest BCUT2D eigenvalue weighted by atomic mass is 10.1. The third-order valence-electron chi connectivity index (χ3n) is 7.04. The first kappa shape index (κ1) is 30.8. The molecule has 0 radical (unpaired) electrons. The standard InChI is InChI=1S/C33H44N6O3/c1-6-8-20-39(31-29(34)10-9-18-36-31)26-11-13-27(14-12-26)41-28-16-21-37(22-17-28)24-25-15-19-35-30(23-25)38(7-2)32(40)42-33(3,4)5/h6,9-15,18-19,23,28H,1,7-8,16-17,20-22,24,34H2,2-5H3. The molecule has 0 saturated carbocycles. The second-order valence-corrected chi connectivity index (χ2v) is 11.5. The average molecular weight is 573 g/mol. The van der Waals surface area contributed by atoms with Crippen molar-refractivity contribution >= 4 is 29.1 Å². The summed E-state index contributed by atoms with van der Waals surface area (Å²) in [5, 5.41) is 0. The summed E-state index contributed by atoms with van der Waals surface area (Å²) in [5.41, 5.74) is 8.43. The van der Waals surface area contributed by atoms with Gasteiger partial charge in [0, 0.05) is 50.8 Å². The van der Waals surface area contributed by atoms with Crippen molar-refractivity contribution in [3.05, 3.63) is 79.1 Å². The molecule has 9 heteroatoms. The number of carbonyl (C=O) groups excluding carboxylic acids is 1. The van der Waals surface area contributed by atoms with Crippen LogP contribution in [0.2, 0.25) is 0 Å².